The molecule has 1 saturated heterocycles. The van der Waals surface area contributed by atoms with Crippen LogP contribution >= 0.6 is 11.9 Å². The second-order valence-corrected chi connectivity index (χ2v) is 8.49. The number of hydrogen-bond acceptors (Lipinski definition) is 5. The minimum absolute atomic E-state index is 0.0353. The number of aliphatic imine (C=N–C) groups is 1. The standard InChI is InChI=1S/C18H22F4N4S/c1-25(2)12-5-6-26(15(9-12)18(20,21)22)13-7-11(19)8-14-16(13)23-17(24-27-14)10-3-4-10/h7-8,10,12,15H,3-6,9H2,1-2H3,(H,23,24)/t12?,15-/m0/s1. The van der Waals surface area contributed by atoms with Crippen LogP contribution in [0.25, 0.3) is 0 Å². The third-order valence-electron chi connectivity index (χ3n) is 5.47. The summed E-state index contributed by atoms with van der Waals surface area (Å²) < 4.78 is 58.9. The van der Waals surface area contributed by atoms with Crippen LogP contribution in [0, 0.1) is 11.7 Å². The minimum atomic E-state index is -4.39. The molecule has 0 amide bonds. The molecule has 0 radical (unpaired) electrons. The van der Waals surface area contributed by atoms with E-state index in [0.29, 0.717) is 22.9 Å². The number of amidine groups is 1. The minimum Gasteiger partial charge on any atom is -0.358 e. The Morgan fingerprint density at radius 3 is 2.59 bits per heavy atom. The van der Waals surface area contributed by atoms with Gasteiger partial charge in [0.25, 0.3) is 0 Å². The highest BCUT2D eigenvalue weighted by Crippen LogP contribution is 2.46. The molecule has 4 rings (SSSR count). The van der Waals surface area contributed by atoms with Gasteiger partial charge in [-0.3, -0.25) is 0 Å². The van der Waals surface area contributed by atoms with Crippen LogP contribution in [0.2, 0.25) is 0 Å². The second-order valence-electron chi connectivity index (χ2n) is 7.64. The van der Waals surface area contributed by atoms with Crippen molar-refractivity contribution >= 4 is 29.2 Å². The molecule has 1 N–H and O–H groups in total. The lowest BCUT2D eigenvalue weighted by Crippen LogP contribution is -2.54. The molecule has 1 aliphatic carbocycles. The summed E-state index contributed by atoms with van der Waals surface area (Å²) in [6, 6.07) is 0.731. The van der Waals surface area contributed by atoms with Gasteiger partial charge < -0.3 is 14.5 Å². The van der Waals surface area contributed by atoms with Gasteiger partial charge in [0, 0.05) is 18.5 Å². The van der Waals surface area contributed by atoms with Gasteiger partial charge in [-0.05, 0) is 63.9 Å². The van der Waals surface area contributed by atoms with Crippen LogP contribution in [0.4, 0.5) is 28.9 Å². The third-order valence-corrected chi connectivity index (χ3v) is 6.32. The maximum Gasteiger partial charge on any atom is 0.408 e. The Kier molecular flexibility index (Phi) is 4.78. The monoisotopic (exact) mass is 402 g/mol. The van der Waals surface area contributed by atoms with Crippen molar-refractivity contribution in [1.82, 2.24) is 9.62 Å². The van der Waals surface area contributed by atoms with Crippen molar-refractivity contribution in [3.8, 4) is 0 Å². The number of nitrogens with zero attached hydrogens (tertiary/aromatic N) is 3. The van der Waals surface area contributed by atoms with Crippen LogP contribution in [-0.2, 0) is 0 Å². The molecule has 9 heteroatoms. The number of nitrogens with one attached hydrogen (secondary N) is 1. The Bertz CT molecular complexity index is 760. The zero-order valence-electron chi connectivity index (χ0n) is 15.2. The normalized spacial score (nSPS) is 25.9. The number of hydrogen-bond donors (Lipinski definition) is 1. The number of halogens is 4. The molecule has 2 aliphatic heterocycles. The summed E-state index contributed by atoms with van der Waals surface area (Å²) >= 11 is 1.23. The smallest absolute Gasteiger partial charge is 0.358 e. The fraction of sp³-hybridized carbons (Fsp3) is 0.611. The van der Waals surface area contributed by atoms with Crippen molar-refractivity contribution in [3.05, 3.63) is 17.9 Å². The lowest BCUT2D eigenvalue weighted by Gasteiger charge is -2.44. The van der Waals surface area contributed by atoms with Crippen molar-refractivity contribution in [3.63, 3.8) is 0 Å². The Labute approximate surface area is 160 Å². The highest BCUT2D eigenvalue weighted by Gasteiger charge is 2.48. The third kappa shape index (κ3) is 3.76. The summed E-state index contributed by atoms with van der Waals surface area (Å²) in [5, 5.41) is 0. The predicted molar refractivity (Wildman–Crippen MR) is 99.1 cm³/mol. The molecule has 0 aromatic heterocycles. The topological polar surface area (TPSA) is 30.9 Å². The fourth-order valence-electron chi connectivity index (χ4n) is 3.77. The van der Waals surface area contributed by atoms with Crippen LogP contribution in [0.5, 0.6) is 0 Å². The van der Waals surface area contributed by atoms with Gasteiger partial charge in [-0.1, -0.05) is 0 Å². The fourth-order valence-corrected chi connectivity index (χ4v) is 4.61. The molecule has 148 valence electrons. The van der Waals surface area contributed by atoms with E-state index in [4.69, 9.17) is 0 Å². The van der Waals surface area contributed by atoms with E-state index in [1.807, 2.05) is 4.90 Å². The SMILES string of the molecule is CN(C)C1CCN(c2cc(F)cc3c2N=C(C2CC2)NS3)[C@H](C(F)(F)F)C1. The summed E-state index contributed by atoms with van der Waals surface area (Å²) in [5.74, 6) is 0.576. The molecular formula is C18H22F4N4S. The zero-order chi connectivity index (χ0) is 19.3. The van der Waals surface area contributed by atoms with Crippen molar-refractivity contribution in [1.29, 1.82) is 0 Å². The molecule has 1 aromatic carbocycles. The molecule has 2 fully saturated rings. The molecule has 1 unspecified atom stereocenters. The zero-order valence-corrected chi connectivity index (χ0v) is 16.0. The first-order chi connectivity index (χ1) is 12.7. The first kappa shape index (κ1) is 18.9. The Balaban J connectivity index is 1.75. The van der Waals surface area contributed by atoms with Crippen LogP contribution < -0.4 is 9.62 Å². The average Bonchev–Trinajstić information content (AvgIpc) is 3.44. The Hall–Kier alpha value is -1.48. The molecule has 27 heavy (non-hydrogen) atoms. The summed E-state index contributed by atoms with van der Waals surface area (Å²) in [5.41, 5.74) is 0.705. The van der Waals surface area contributed by atoms with Crippen molar-refractivity contribution in [2.45, 2.75) is 48.8 Å². The maximum absolute atomic E-state index is 14.2. The van der Waals surface area contributed by atoms with Crippen molar-refractivity contribution < 1.29 is 17.6 Å². The van der Waals surface area contributed by atoms with Crippen LogP contribution in [0.1, 0.15) is 25.7 Å². The van der Waals surface area contributed by atoms with E-state index in [0.717, 1.165) is 18.7 Å². The highest BCUT2D eigenvalue weighted by molar-refractivity contribution is 7.98. The molecule has 4 nitrogen and oxygen atoms in total. The largest absolute Gasteiger partial charge is 0.408 e. The van der Waals surface area contributed by atoms with Crippen molar-refractivity contribution in [2.75, 3.05) is 25.5 Å². The first-order valence-electron chi connectivity index (χ1n) is 9.09. The quantitative estimate of drug-likeness (QED) is 0.602. The van der Waals surface area contributed by atoms with E-state index in [1.54, 1.807) is 14.1 Å². The first-order valence-corrected chi connectivity index (χ1v) is 9.90. The van der Waals surface area contributed by atoms with Gasteiger partial charge in [-0.25, -0.2) is 9.38 Å². The van der Waals surface area contributed by atoms with E-state index in [9.17, 15) is 17.6 Å². The summed E-state index contributed by atoms with van der Waals surface area (Å²) in [7, 11) is 3.60. The summed E-state index contributed by atoms with van der Waals surface area (Å²) in [4.78, 5) is 8.27. The maximum atomic E-state index is 14.2. The molecule has 2 heterocycles. The van der Waals surface area contributed by atoms with Crippen LogP contribution in [0.15, 0.2) is 22.0 Å². The Morgan fingerprint density at radius 2 is 1.96 bits per heavy atom. The number of piperidine rings is 1. The van der Waals surface area contributed by atoms with E-state index >= 15 is 0 Å². The van der Waals surface area contributed by atoms with Gasteiger partial charge in [0.15, 0.2) is 0 Å². The van der Waals surface area contributed by atoms with E-state index < -0.39 is 18.0 Å². The molecule has 0 bridgehead atoms. The van der Waals surface area contributed by atoms with Crippen LogP contribution in [0.3, 0.4) is 0 Å². The van der Waals surface area contributed by atoms with Gasteiger partial charge in [-0.2, -0.15) is 13.2 Å². The van der Waals surface area contributed by atoms with Gasteiger partial charge in [-0.15, -0.1) is 0 Å². The number of alkyl halides is 3. The molecular weight excluding hydrogens is 380 g/mol. The van der Waals surface area contributed by atoms with Gasteiger partial charge in [0.05, 0.1) is 10.6 Å². The number of anilines is 1. The molecule has 0 spiro atoms. The van der Waals surface area contributed by atoms with E-state index in [1.165, 1.54) is 29.0 Å². The predicted octanol–water partition coefficient (Wildman–Crippen LogP) is 4.34. The van der Waals surface area contributed by atoms with Gasteiger partial charge in [0.1, 0.15) is 23.4 Å². The summed E-state index contributed by atoms with van der Waals surface area (Å²) in [6.07, 6.45) is -1.78. The number of benzene rings is 1. The summed E-state index contributed by atoms with van der Waals surface area (Å²) in [6.45, 7) is 0.218. The average molecular weight is 402 g/mol. The lowest BCUT2D eigenvalue weighted by molar-refractivity contribution is -0.156. The second kappa shape index (κ2) is 6.84. The number of fused-ring (bicyclic) bond motifs is 1. The van der Waals surface area contributed by atoms with Crippen molar-refractivity contribution in [2.24, 2.45) is 10.9 Å². The lowest BCUT2D eigenvalue weighted by atomic mass is 9.94. The molecule has 2 atom stereocenters. The van der Waals surface area contributed by atoms with Gasteiger partial charge in [0.2, 0.25) is 0 Å². The van der Waals surface area contributed by atoms with Crippen LogP contribution in [-0.4, -0.2) is 49.6 Å². The van der Waals surface area contributed by atoms with E-state index in [2.05, 4.69) is 9.71 Å². The highest BCUT2D eigenvalue weighted by atomic mass is 32.2. The number of rotatable bonds is 3. The molecule has 3 aliphatic rings. The van der Waals surface area contributed by atoms with Gasteiger partial charge >= 0.3 is 6.18 Å². The molecule has 1 aromatic rings. The van der Waals surface area contributed by atoms with E-state index in [-0.39, 0.29) is 24.7 Å². The molecule has 1 saturated carbocycles. The Morgan fingerprint density at radius 1 is 1.22 bits per heavy atom.